The number of hydrogen-bond acceptors (Lipinski definition) is 6. The van der Waals surface area contributed by atoms with Crippen molar-refractivity contribution >= 4 is 17.8 Å². The van der Waals surface area contributed by atoms with Gasteiger partial charge in [0, 0.05) is 0 Å². The molecule has 0 saturated heterocycles. The molecular formula is C9H14N4O4. The average Bonchev–Trinajstić information content (AvgIpc) is 2.57. The highest BCUT2D eigenvalue weighted by molar-refractivity contribution is 5.92. The Morgan fingerprint density at radius 3 is 2.47 bits per heavy atom. The largest absolute Gasteiger partial charge is 0.480 e. The number of carbonyl (C=O) groups is 2. The summed E-state index contributed by atoms with van der Waals surface area (Å²) < 4.78 is 5.85. The van der Waals surface area contributed by atoms with Crippen LogP contribution in [0.1, 0.15) is 37.3 Å². The van der Waals surface area contributed by atoms with Crippen LogP contribution < -0.4 is 5.73 Å². The number of nitrogens with two attached hydrogens (primary N) is 1. The number of nitrogens with zero attached hydrogens (tertiary/aromatic N) is 3. The zero-order chi connectivity index (χ0) is 13.2. The summed E-state index contributed by atoms with van der Waals surface area (Å²) in [6, 6.07) is -0.997. The maximum absolute atomic E-state index is 11.5. The molecule has 17 heavy (non-hydrogen) atoms. The first-order valence-corrected chi connectivity index (χ1v) is 4.99. The Balaban J connectivity index is 2.98. The van der Waals surface area contributed by atoms with Gasteiger partial charge in [-0.1, -0.05) is 5.21 Å². The summed E-state index contributed by atoms with van der Waals surface area (Å²) in [5.41, 5.74) is 5.42. The third-order valence-corrected chi connectivity index (χ3v) is 1.99. The number of anilines is 1. The molecule has 8 heteroatoms. The van der Waals surface area contributed by atoms with Gasteiger partial charge in [0.2, 0.25) is 5.69 Å². The third kappa shape index (κ3) is 2.71. The van der Waals surface area contributed by atoms with Crippen molar-refractivity contribution < 1.29 is 19.4 Å². The van der Waals surface area contributed by atoms with Crippen LogP contribution in [0.3, 0.4) is 0 Å². The number of ether oxygens (including phenoxy) is 1. The molecule has 0 aliphatic heterocycles. The molecule has 0 aromatic carbocycles. The highest BCUT2D eigenvalue weighted by Crippen LogP contribution is 2.15. The number of aliphatic carboxylic acids is 1. The zero-order valence-electron chi connectivity index (χ0n) is 9.75. The standard InChI is InChI=1S/C9H14N4O4/c1-4(2)17-9(16)6-7(10)13(12-11-6)5(3)8(14)15/h4-5H,10H2,1-3H3,(H,14,15). The molecule has 1 atom stereocenters. The molecule has 0 fully saturated rings. The Labute approximate surface area is 97.4 Å². The normalized spacial score (nSPS) is 12.5. The highest BCUT2D eigenvalue weighted by atomic mass is 16.5. The molecule has 3 N–H and O–H groups in total. The summed E-state index contributed by atoms with van der Waals surface area (Å²) in [7, 11) is 0. The first-order chi connectivity index (χ1) is 7.84. The van der Waals surface area contributed by atoms with Crippen molar-refractivity contribution in [3.8, 4) is 0 Å². The van der Waals surface area contributed by atoms with Gasteiger partial charge in [0.05, 0.1) is 6.10 Å². The lowest BCUT2D eigenvalue weighted by atomic mass is 10.3. The van der Waals surface area contributed by atoms with Gasteiger partial charge < -0.3 is 15.6 Å². The van der Waals surface area contributed by atoms with E-state index in [0.29, 0.717) is 0 Å². The topological polar surface area (TPSA) is 120 Å². The van der Waals surface area contributed by atoms with E-state index in [2.05, 4.69) is 10.3 Å². The second kappa shape index (κ2) is 4.81. The Hall–Kier alpha value is -2.12. The molecule has 1 aromatic heterocycles. The Bertz CT molecular complexity index is 440. The number of carbonyl (C=O) groups excluding carboxylic acids is 1. The summed E-state index contributed by atoms with van der Waals surface area (Å²) >= 11 is 0. The van der Waals surface area contributed by atoms with Crippen molar-refractivity contribution in [2.45, 2.75) is 32.9 Å². The van der Waals surface area contributed by atoms with Crippen molar-refractivity contribution in [1.29, 1.82) is 0 Å². The fourth-order valence-corrected chi connectivity index (χ4v) is 1.11. The summed E-state index contributed by atoms with van der Waals surface area (Å²) in [5.74, 6) is -1.96. The van der Waals surface area contributed by atoms with E-state index < -0.39 is 18.0 Å². The van der Waals surface area contributed by atoms with E-state index in [4.69, 9.17) is 15.6 Å². The maximum atomic E-state index is 11.5. The number of esters is 1. The van der Waals surface area contributed by atoms with Crippen molar-refractivity contribution in [1.82, 2.24) is 15.0 Å². The predicted molar refractivity (Wildman–Crippen MR) is 57.3 cm³/mol. The number of hydrogen-bond donors (Lipinski definition) is 2. The highest BCUT2D eigenvalue weighted by Gasteiger charge is 2.24. The lowest BCUT2D eigenvalue weighted by Gasteiger charge is -2.08. The van der Waals surface area contributed by atoms with E-state index in [0.717, 1.165) is 4.68 Å². The van der Waals surface area contributed by atoms with Gasteiger partial charge in [-0.3, -0.25) is 0 Å². The van der Waals surface area contributed by atoms with Crippen molar-refractivity contribution in [2.75, 3.05) is 5.73 Å². The van der Waals surface area contributed by atoms with Crippen molar-refractivity contribution in [3.05, 3.63) is 5.69 Å². The van der Waals surface area contributed by atoms with E-state index in [-0.39, 0.29) is 17.6 Å². The monoisotopic (exact) mass is 242 g/mol. The fraction of sp³-hybridized carbons (Fsp3) is 0.556. The molecule has 0 aliphatic carbocycles. The van der Waals surface area contributed by atoms with Crippen LogP contribution in [-0.4, -0.2) is 38.1 Å². The van der Waals surface area contributed by atoms with E-state index in [1.807, 2.05) is 0 Å². The van der Waals surface area contributed by atoms with Crippen LogP contribution in [0, 0.1) is 0 Å². The molecule has 1 unspecified atom stereocenters. The minimum absolute atomic E-state index is 0.120. The smallest absolute Gasteiger partial charge is 0.363 e. The van der Waals surface area contributed by atoms with Crippen LogP contribution in [-0.2, 0) is 9.53 Å². The van der Waals surface area contributed by atoms with Gasteiger partial charge in [0.25, 0.3) is 0 Å². The first-order valence-electron chi connectivity index (χ1n) is 4.99. The van der Waals surface area contributed by atoms with Crippen LogP contribution in [0.25, 0.3) is 0 Å². The van der Waals surface area contributed by atoms with Gasteiger partial charge in [0.15, 0.2) is 11.9 Å². The Kier molecular flexibility index (Phi) is 3.66. The Morgan fingerprint density at radius 1 is 1.41 bits per heavy atom. The van der Waals surface area contributed by atoms with Crippen molar-refractivity contribution in [3.63, 3.8) is 0 Å². The van der Waals surface area contributed by atoms with Crippen LogP contribution in [0.2, 0.25) is 0 Å². The molecular weight excluding hydrogens is 228 g/mol. The van der Waals surface area contributed by atoms with E-state index in [1.165, 1.54) is 6.92 Å². The average molecular weight is 242 g/mol. The maximum Gasteiger partial charge on any atom is 0.363 e. The quantitative estimate of drug-likeness (QED) is 0.716. The summed E-state index contributed by atoms with van der Waals surface area (Å²) in [5, 5.41) is 15.8. The molecule has 0 bridgehead atoms. The second-order valence-corrected chi connectivity index (χ2v) is 3.74. The molecule has 0 saturated carbocycles. The minimum atomic E-state index is -1.12. The number of aromatic nitrogens is 3. The number of carboxylic acids is 1. The number of nitrogen functional groups attached to an aromatic ring is 1. The first kappa shape index (κ1) is 12.9. The molecule has 1 heterocycles. The van der Waals surface area contributed by atoms with Crippen LogP contribution in [0.4, 0.5) is 5.82 Å². The predicted octanol–water partition coefficient (Wildman–Crippen LogP) is 0.0711. The number of rotatable bonds is 4. The minimum Gasteiger partial charge on any atom is -0.480 e. The Morgan fingerprint density at radius 2 is 2.00 bits per heavy atom. The van der Waals surface area contributed by atoms with E-state index >= 15 is 0 Å². The molecule has 1 rings (SSSR count). The molecule has 0 spiro atoms. The van der Waals surface area contributed by atoms with E-state index in [9.17, 15) is 9.59 Å². The van der Waals surface area contributed by atoms with Gasteiger partial charge in [-0.15, -0.1) is 5.10 Å². The van der Waals surface area contributed by atoms with Gasteiger partial charge in [-0.25, -0.2) is 14.3 Å². The lowest BCUT2D eigenvalue weighted by Crippen LogP contribution is -2.19. The molecule has 0 amide bonds. The molecule has 8 nitrogen and oxygen atoms in total. The molecule has 1 aromatic rings. The molecule has 0 aliphatic rings. The third-order valence-electron chi connectivity index (χ3n) is 1.99. The summed E-state index contributed by atoms with van der Waals surface area (Å²) in [6.45, 7) is 4.74. The summed E-state index contributed by atoms with van der Waals surface area (Å²) in [6.07, 6.45) is -0.316. The molecule has 0 radical (unpaired) electrons. The van der Waals surface area contributed by atoms with E-state index in [1.54, 1.807) is 13.8 Å². The second-order valence-electron chi connectivity index (χ2n) is 3.74. The van der Waals surface area contributed by atoms with Crippen molar-refractivity contribution in [2.24, 2.45) is 0 Å². The number of carboxylic acid groups (broad SMARTS) is 1. The van der Waals surface area contributed by atoms with Gasteiger partial charge in [-0.05, 0) is 20.8 Å². The van der Waals surface area contributed by atoms with Gasteiger partial charge in [-0.2, -0.15) is 0 Å². The van der Waals surface area contributed by atoms with Gasteiger partial charge in [0.1, 0.15) is 0 Å². The lowest BCUT2D eigenvalue weighted by molar-refractivity contribution is -0.140. The SMILES string of the molecule is CC(C)OC(=O)c1nnn(C(C)C(=O)O)c1N. The zero-order valence-corrected chi connectivity index (χ0v) is 9.75. The van der Waals surface area contributed by atoms with Gasteiger partial charge >= 0.3 is 11.9 Å². The van der Waals surface area contributed by atoms with Crippen LogP contribution >= 0.6 is 0 Å². The fourth-order valence-electron chi connectivity index (χ4n) is 1.11. The molecule has 94 valence electrons. The van der Waals surface area contributed by atoms with Crippen LogP contribution in [0.5, 0.6) is 0 Å². The summed E-state index contributed by atoms with van der Waals surface area (Å²) in [4.78, 5) is 22.3. The van der Waals surface area contributed by atoms with Crippen LogP contribution in [0.15, 0.2) is 0 Å².